The molecule has 0 saturated heterocycles. The number of carbonyl (C=O) groups excluding carboxylic acids is 2. The van der Waals surface area contributed by atoms with Gasteiger partial charge in [0, 0.05) is 30.5 Å². The molecule has 1 atom stereocenters. The molecule has 0 fully saturated rings. The molecule has 11 heteroatoms. The van der Waals surface area contributed by atoms with E-state index in [9.17, 15) is 9.59 Å². The van der Waals surface area contributed by atoms with Crippen molar-refractivity contribution in [3.05, 3.63) is 71.4 Å². The summed E-state index contributed by atoms with van der Waals surface area (Å²) in [6.07, 6.45) is 0.718. The van der Waals surface area contributed by atoms with E-state index in [2.05, 4.69) is 10.4 Å². The summed E-state index contributed by atoms with van der Waals surface area (Å²) in [5.74, 6) is -0.499. The number of amides is 1. The Morgan fingerprint density at radius 3 is 2.51 bits per heavy atom. The minimum absolute atomic E-state index is 0.121. The second-order valence-electron chi connectivity index (χ2n) is 7.94. The number of aromatic nitrogens is 2. The zero-order valence-corrected chi connectivity index (χ0v) is 21.0. The van der Waals surface area contributed by atoms with Gasteiger partial charge in [0.1, 0.15) is 11.6 Å². The van der Waals surface area contributed by atoms with E-state index < -0.39 is 12.2 Å². The SMILES string of the molecule is CCOC(=O)COc1ccccc1-c1nn(C(OCC)C(=O)NCc2ccc(C(=N)NO)cc2)cc1C. The van der Waals surface area contributed by atoms with E-state index in [1.165, 1.54) is 4.68 Å². The third-order valence-electron chi connectivity index (χ3n) is 5.32. The van der Waals surface area contributed by atoms with E-state index in [0.29, 0.717) is 22.6 Å². The molecule has 0 spiro atoms. The van der Waals surface area contributed by atoms with Crippen molar-refractivity contribution in [1.29, 1.82) is 5.41 Å². The number of rotatable bonds is 12. The summed E-state index contributed by atoms with van der Waals surface area (Å²) in [7, 11) is 0. The van der Waals surface area contributed by atoms with Crippen LogP contribution in [0, 0.1) is 12.3 Å². The Labute approximate surface area is 214 Å². The maximum Gasteiger partial charge on any atom is 0.344 e. The van der Waals surface area contributed by atoms with E-state index in [1.807, 2.05) is 19.1 Å². The van der Waals surface area contributed by atoms with Crippen LogP contribution in [0.3, 0.4) is 0 Å². The number of nitrogens with one attached hydrogen (secondary N) is 3. The average Bonchev–Trinajstić information content (AvgIpc) is 3.30. The number of esters is 1. The van der Waals surface area contributed by atoms with E-state index >= 15 is 0 Å². The van der Waals surface area contributed by atoms with Gasteiger partial charge < -0.3 is 19.5 Å². The molecule has 1 heterocycles. The van der Waals surface area contributed by atoms with Crippen molar-refractivity contribution in [1.82, 2.24) is 20.6 Å². The van der Waals surface area contributed by atoms with Crippen LogP contribution in [0.1, 0.15) is 36.8 Å². The Kier molecular flexibility index (Phi) is 9.76. The van der Waals surface area contributed by atoms with Crippen molar-refractivity contribution in [2.45, 2.75) is 33.5 Å². The fraction of sp³-hybridized carbons (Fsp3) is 0.308. The van der Waals surface area contributed by atoms with E-state index in [1.54, 1.807) is 61.9 Å². The number of hydroxylamine groups is 1. The van der Waals surface area contributed by atoms with Crippen LogP contribution in [0.5, 0.6) is 5.75 Å². The van der Waals surface area contributed by atoms with Crippen LogP contribution < -0.4 is 15.5 Å². The molecule has 0 saturated carbocycles. The van der Waals surface area contributed by atoms with Crippen LogP contribution >= 0.6 is 0 Å². The lowest BCUT2D eigenvalue weighted by atomic mass is 10.1. The van der Waals surface area contributed by atoms with Crippen molar-refractivity contribution in [3.63, 3.8) is 0 Å². The number of aryl methyl sites for hydroxylation is 1. The van der Waals surface area contributed by atoms with Crippen LogP contribution in [-0.2, 0) is 25.6 Å². The van der Waals surface area contributed by atoms with Crippen molar-refractivity contribution in [3.8, 4) is 17.0 Å². The predicted octanol–water partition coefficient (Wildman–Crippen LogP) is 2.96. The second kappa shape index (κ2) is 13.2. The highest BCUT2D eigenvalue weighted by Crippen LogP contribution is 2.31. The van der Waals surface area contributed by atoms with Crippen molar-refractivity contribution < 1.29 is 29.0 Å². The normalized spacial score (nSPS) is 11.5. The molecule has 2 aromatic carbocycles. The Hall–Kier alpha value is -4.22. The van der Waals surface area contributed by atoms with Gasteiger partial charge in [-0.15, -0.1) is 0 Å². The zero-order chi connectivity index (χ0) is 26.8. The molecule has 0 radical (unpaired) electrons. The quantitative estimate of drug-likeness (QED) is 0.126. The first-order valence-corrected chi connectivity index (χ1v) is 11.8. The molecule has 1 aromatic heterocycles. The van der Waals surface area contributed by atoms with Gasteiger partial charge in [-0.3, -0.25) is 20.9 Å². The lowest BCUT2D eigenvalue weighted by molar-refractivity contribution is -0.145. The van der Waals surface area contributed by atoms with Gasteiger partial charge in [0.05, 0.1) is 12.3 Å². The van der Waals surface area contributed by atoms with Gasteiger partial charge in [0.2, 0.25) is 6.23 Å². The van der Waals surface area contributed by atoms with E-state index in [4.69, 9.17) is 24.8 Å². The highest BCUT2D eigenvalue weighted by molar-refractivity contribution is 5.95. The molecule has 1 amide bonds. The number of carbonyl (C=O) groups is 2. The summed E-state index contributed by atoms with van der Waals surface area (Å²) in [6, 6.07) is 14.0. The Morgan fingerprint density at radius 1 is 1.11 bits per heavy atom. The number of hydrogen-bond donors (Lipinski definition) is 4. The minimum atomic E-state index is -1.00. The van der Waals surface area contributed by atoms with Gasteiger partial charge in [-0.2, -0.15) is 5.10 Å². The van der Waals surface area contributed by atoms with Crippen molar-refractivity contribution in [2.24, 2.45) is 0 Å². The largest absolute Gasteiger partial charge is 0.481 e. The van der Waals surface area contributed by atoms with E-state index in [-0.39, 0.29) is 38.1 Å². The molecule has 37 heavy (non-hydrogen) atoms. The summed E-state index contributed by atoms with van der Waals surface area (Å²) >= 11 is 0. The first-order chi connectivity index (χ1) is 17.9. The number of ether oxygens (including phenoxy) is 3. The molecule has 196 valence electrons. The molecule has 3 rings (SSSR count). The number of nitrogens with zero attached hydrogens (tertiary/aromatic N) is 2. The molecule has 0 aliphatic heterocycles. The van der Waals surface area contributed by atoms with Gasteiger partial charge in [-0.25, -0.2) is 9.48 Å². The van der Waals surface area contributed by atoms with Gasteiger partial charge in [-0.1, -0.05) is 36.4 Å². The topological polar surface area (TPSA) is 148 Å². The highest BCUT2D eigenvalue weighted by atomic mass is 16.6. The van der Waals surface area contributed by atoms with Crippen LogP contribution in [0.2, 0.25) is 0 Å². The molecule has 11 nitrogen and oxygen atoms in total. The molecule has 1 unspecified atom stereocenters. The summed E-state index contributed by atoms with van der Waals surface area (Å²) < 4.78 is 17.8. The van der Waals surface area contributed by atoms with Crippen LogP contribution in [0.4, 0.5) is 0 Å². The minimum Gasteiger partial charge on any atom is -0.481 e. The molecule has 4 N–H and O–H groups in total. The molecule has 3 aromatic rings. The van der Waals surface area contributed by atoms with Gasteiger partial charge in [0.15, 0.2) is 6.61 Å². The Balaban J connectivity index is 1.76. The smallest absolute Gasteiger partial charge is 0.344 e. The fourth-order valence-corrected chi connectivity index (χ4v) is 3.56. The van der Waals surface area contributed by atoms with Crippen LogP contribution in [-0.4, -0.2) is 52.5 Å². The maximum atomic E-state index is 13.0. The van der Waals surface area contributed by atoms with E-state index in [0.717, 1.165) is 11.1 Å². The summed E-state index contributed by atoms with van der Waals surface area (Å²) in [6.45, 7) is 5.95. The first kappa shape index (κ1) is 27.4. The fourth-order valence-electron chi connectivity index (χ4n) is 3.56. The van der Waals surface area contributed by atoms with Crippen molar-refractivity contribution in [2.75, 3.05) is 19.8 Å². The Morgan fingerprint density at radius 2 is 1.84 bits per heavy atom. The third-order valence-corrected chi connectivity index (χ3v) is 5.32. The van der Waals surface area contributed by atoms with Gasteiger partial charge in [-0.05, 0) is 44.0 Å². The average molecular weight is 510 g/mol. The number of para-hydroxylation sites is 1. The third kappa shape index (κ3) is 7.15. The summed E-state index contributed by atoms with van der Waals surface area (Å²) in [5, 5.41) is 23.9. The molecular formula is C26H31N5O6. The maximum absolute atomic E-state index is 13.0. The van der Waals surface area contributed by atoms with Crippen molar-refractivity contribution >= 4 is 17.7 Å². The van der Waals surface area contributed by atoms with Gasteiger partial charge in [0.25, 0.3) is 5.91 Å². The zero-order valence-electron chi connectivity index (χ0n) is 21.0. The predicted molar refractivity (Wildman–Crippen MR) is 135 cm³/mol. The lowest BCUT2D eigenvalue weighted by Crippen LogP contribution is -2.34. The molecule has 0 aliphatic carbocycles. The summed E-state index contributed by atoms with van der Waals surface area (Å²) in [5.41, 5.74) is 5.16. The second-order valence-corrected chi connectivity index (χ2v) is 7.94. The lowest BCUT2D eigenvalue weighted by Gasteiger charge is -2.17. The van der Waals surface area contributed by atoms with Crippen LogP contribution in [0.15, 0.2) is 54.7 Å². The van der Waals surface area contributed by atoms with Gasteiger partial charge >= 0.3 is 5.97 Å². The molecule has 0 aliphatic rings. The number of amidine groups is 1. The molecular weight excluding hydrogens is 478 g/mol. The number of benzene rings is 2. The number of hydrogen-bond acceptors (Lipinski definition) is 8. The monoisotopic (exact) mass is 509 g/mol. The Bertz CT molecular complexity index is 1220. The summed E-state index contributed by atoms with van der Waals surface area (Å²) in [4.78, 5) is 24.8. The molecule has 0 bridgehead atoms. The van der Waals surface area contributed by atoms with Crippen LogP contribution in [0.25, 0.3) is 11.3 Å². The standard InChI is InChI=1S/C26H31N5O6/c1-4-35-22(32)16-37-21-9-7-6-8-20(21)23-17(3)15-31(29-23)26(36-5-2)25(33)28-14-18-10-12-19(13-11-18)24(27)30-34/h6-13,15,26,34H,4-5,14,16H2,1-3H3,(H2,27,30)(H,28,33). The highest BCUT2D eigenvalue weighted by Gasteiger charge is 2.24. The first-order valence-electron chi connectivity index (χ1n) is 11.8.